The fraction of sp³-hybridized carbons (Fsp3) is 0.300. The smallest absolute Gasteiger partial charge is 0.160 e. The van der Waals surface area contributed by atoms with Crippen LogP contribution in [0.25, 0.3) is 0 Å². The van der Waals surface area contributed by atoms with E-state index in [1.807, 2.05) is 26.0 Å². The molecule has 0 bridgehead atoms. The maximum absolute atomic E-state index is 11.0. The van der Waals surface area contributed by atoms with Crippen molar-refractivity contribution in [3.05, 3.63) is 35.5 Å². The van der Waals surface area contributed by atoms with Crippen molar-refractivity contribution in [2.75, 3.05) is 0 Å². The van der Waals surface area contributed by atoms with Crippen LogP contribution in [0.15, 0.2) is 35.5 Å². The highest BCUT2D eigenvalue weighted by Gasteiger charge is 2.03. The molecule has 58 valence electrons. The number of allylic oxidation sites excluding steroid dienone is 6. The normalized spacial score (nSPS) is 16.9. The average Bonchev–Trinajstić information content (AvgIpc) is 2.13. The Bertz CT molecular complexity index is 250. The second-order valence-corrected chi connectivity index (χ2v) is 2.89. The van der Waals surface area contributed by atoms with Gasteiger partial charge in [-0.15, -0.1) is 0 Å². The summed E-state index contributed by atoms with van der Waals surface area (Å²) in [6.07, 6.45) is 7.87. The van der Waals surface area contributed by atoms with E-state index in [0.717, 1.165) is 5.57 Å². The molecule has 0 N–H and O–H groups in total. The second-order valence-electron chi connectivity index (χ2n) is 2.89. The van der Waals surface area contributed by atoms with Gasteiger partial charge < -0.3 is 0 Å². The molecule has 0 aromatic rings. The molecule has 0 aliphatic heterocycles. The number of rotatable bonds is 0. The third-order valence-electron chi connectivity index (χ3n) is 1.70. The molecule has 0 heterocycles. The molecule has 11 heavy (non-hydrogen) atoms. The number of hydrogen-bond donors (Lipinski definition) is 0. The Morgan fingerprint density at radius 3 is 2.55 bits per heavy atom. The van der Waals surface area contributed by atoms with Crippen LogP contribution in [0.2, 0.25) is 0 Å². The van der Waals surface area contributed by atoms with E-state index < -0.39 is 0 Å². The lowest BCUT2D eigenvalue weighted by Gasteiger charge is -1.99. The number of ketones is 1. The maximum Gasteiger partial charge on any atom is 0.160 e. The van der Waals surface area contributed by atoms with Crippen LogP contribution in [-0.2, 0) is 4.79 Å². The van der Waals surface area contributed by atoms with Crippen LogP contribution in [0.3, 0.4) is 0 Å². The van der Waals surface area contributed by atoms with Crippen molar-refractivity contribution < 1.29 is 4.79 Å². The molecule has 0 aromatic carbocycles. The fourth-order valence-electron chi connectivity index (χ4n) is 0.984. The van der Waals surface area contributed by atoms with E-state index in [2.05, 4.69) is 0 Å². The van der Waals surface area contributed by atoms with Crippen LogP contribution in [-0.4, -0.2) is 5.78 Å². The van der Waals surface area contributed by atoms with Gasteiger partial charge in [-0.25, -0.2) is 0 Å². The Morgan fingerprint density at radius 2 is 1.91 bits per heavy atom. The lowest BCUT2D eigenvalue weighted by Crippen LogP contribution is -1.93. The molecular formula is C10H12O. The standard InChI is InChI=1S/C10H12O/c1-8(2)9-5-3-4-6-10(11)7-9/h3-6H,7H2,1-2H3. The van der Waals surface area contributed by atoms with Gasteiger partial charge in [-0.05, 0) is 25.5 Å². The van der Waals surface area contributed by atoms with Gasteiger partial charge in [0.1, 0.15) is 0 Å². The molecule has 1 rings (SSSR count). The van der Waals surface area contributed by atoms with Gasteiger partial charge in [0, 0.05) is 6.42 Å². The quantitative estimate of drug-likeness (QED) is 0.515. The molecule has 0 unspecified atom stereocenters. The molecule has 0 radical (unpaired) electrons. The number of hydrogen-bond acceptors (Lipinski definition) is 1. The summed E-state index contributed by atoms with van der Waals surface area (Å²) in [6.45, 7) is 4.05. The summed E-state index contributed by atoms with van der Waals surface area (Å²) in [4.78, 5) is 11.0. The lowest BCUT2D eigenvalue weighted by atomic mass is 10.1. The van der Waals surface area contributed by atoms with E-state index in [4.69, 9.17) is 0 Å². The van der Waals surface area contributed by atoms with Crippen molar-refractivity contribution in [2.24, 2.45) is 0 Å². The lowest BCUT2D eigenvalue weighted by molar-refractivity contribution is -0.113. The highest BCUT2D eigenvalue weighted by molar-refractivity contribution is 5.92. The first-order valence-corrected chi connectivity index (χ1v) is 3.74. The first-order chi connectivity index (χ1) is 5.20. The first-order valence-electron chi connectivity index (χ1n) is 3.74. The second kappa shape index (κ2) is 3.33. The zero-order valence-corrected chi connectivity index (χ0v) is 6.92. The van der Waals surface area contributed by atoms with Crippen molar-refractivity contribution in [1.29, 1.82) is 0 Å². The average molecular weight is 148 g/mol. The summed E-state index contributed by atoms with van der Waals surface area (Å²) in [5.41, 5.74) is 2.36. The third-order valence-corrected chi connectivity index (χ3v) is 1.70. The van der Waals surface area contributed by atoms with E-state index >= 15 is 0 Å². The summed E-state index contributed by atoms with van der Waals surface area (Å²) in [7, 11) is 0. The van der Waals surface area contributed by atoms with Gasteiger partial charge in [0.15, 0.2) is 5.78 Å². The van der Waals surface area contributed by atoms with Gasteiger partial charge in [0.25, 0.3) is 0 Å². The molecule has 1 aliphatic carbocycles. The molecule has 0 atom stereocenters. The third kappa shape index (κ3) is 2.19. The number of carbonyl (C=O) groups excluding carboxylic acids is 1. The minimum atomic E-state index is 0.186. The molecule has 1 nitrogen and oxygen atoms in total. The molecule has 0 spiro atoms. The maximum atomic E-state index is 11.0. The Labute approximate surface area is 67.1 Å². The van der Waals surface area contributed by atoms with Crippen LogP contribution in [0.5, 0.6) is 0 Å². The zero-order chi connectivity index (χ0) is 8.27. The van der Waals surface area contributed by atoms with E-state index in [0.29, 0.717) is 6.42 Å². The molecule has 1 heteroatoms. The van der Waals surface area contributed by atoms with Crippen LogP contribution in [0, 0.1) is 0 Å². The van der Waals surface area contributed by atoms with Gasteiger partial charge in [-0.2, -0.15) is 0 Å². The van der Waals surface area contributed by atoms with Crippen LogP contribution >= 0.6 is 0 Å². The van der Waals surface area contributed by atoms with Gasteiger partial charge >= 0.3 is 0 Å². The zero-order valence-electron chi connectivity index (χ0n) is 6.92. The highest BCUT2D eigenvalue weighted by atomic mass is 16.1. The topological polar surface area (TPSA) is 17.1 Å². The Morgan fingerprint density at radius 1 is 1.27 bits per heavy atom. The predicted molar refractivity (Wildman–Crippen MR) is 46.3 cm³/mol. The minimum absolute atomic E-state index is 0.186. The van der Waals surface area contributed by atoms with Crippen LogP contribution < -0.4 is 0 Å². The SMILES string of the molecule is CC(C)=C1C=CC=CC(=O)C1. The number of carbonyl (C=O) groups is 1. The summed E-state index contributed by atoms with van der Waals surface area (Å²) >= 11 is 0. The minimum Gasteiger partial charge on any atom is -0.294 e. The summed E-state index contributed by atoms with van der Waals surface area (Å²) in [5, 5.41) is 0. The van der Waals surface area contributed by atoms with Crippen molar-refractivity contribution >= 4 is 5.78 Å². The monoisotopic (exact) mass is 148 g/mol. The summed E-state index contributed by atoms with van der Waals surface area (Å²) < 4.78 is 0. The Balaban J connectivity index is 2.90. The van der Waals surface area contributed by atoms with Gasteiger partial charge in [-0.1, -0.05) is 23.8 Å². The molecule has 0 saturated carbocycles. The molecular weight excluding hydrogens is 136 g/mol. The van der Waals surface area contributed by atoms with Gasteiger partial charge in [0.05, 0.1) is 0 Å². The van der Waals surface area contributed by atoms with Crippen molar-refractivity contribution in [3.63, 3.8) is 0 Å². The van der Waals surface area contributed by atoms with E-state index in [-0.39, 0.29) is 5.78 Å². The Kier molecular flexibility index (Phi) is 2.42. The van der Waals surface area contributed by atoms with Crippen molar-refractivity contribution in [3.8, 4) is 0 Å². The molecule has 0 saturated heterocycles. The first kappa shape index (κ1) is 7.99. The van der Waals surface area contributed by atoms with Crippen LogP contribution in [0.1, 0.15) is 20.3 Å². The largest absolute Gasteiger partial charge is 0.294 e. The molecule has 0 aromatic heterocycles. The summed E-state index contributed by atoms with van der Waals surface area (Å²) in [5.74, 6) is 0.186. The highest BCUT2D eigenvalue weighted by Crippen LogP contribution is 2.13. The van der Waals surface area contributed by atoms with Crippen molar-refractivity contribution in [1.82, 2.24) is 0 Å². The van der Waals surface area contributed by atoms with E-state index in [1.165, 1.54) is 5.57 Å². The molecule has 0 fully saturated rings. The summed E-state index contributed by atoms with van der Waals surface area (Å²) in [6, 6.07) is 0. The predicted octanol–water partition coefficient (Wildman–Crippen LogP) is 2.41. The fourth-order valence-corrected chi connectivity index (χ4v) is 0.984. The Hall–Kier alpha value is -1.11. The van der Waals surface area contributed by atoms with E-state index in [9.17, 15) is 4.79 Å². The van der Waals surface area contributed by atoms with E-state index in [1.54, 1.807) is 12.2 Å². The molecule has 0 amide bonds. The van der Waals surface area contributed by atoms with Gasteiger partial charge in [-0.3, -0.25) is 4.79 Å². The van der Waals surface area contributed by atoms with Gasteiger partial charge in [0.2, 0.25) is 0 Å². The van der Waals surface area contributed by atoms with Crippen LogP contribution in [0.4, 0.5) is 0 Å². The van der Waals surface area contributed by atoms with Crippen molar-refractivity contribution in [2.45, 2.75) is 20.3 Å². The molecule has 1 aliphatic rings.